The van der Waals surface area contributed by atoms with Crippen molar-refractivity contribution in [3.8, 4) is 0 Å². The van der Waals surface area contributed by atoms with E-state index in [2.05, 4.69) is 10.7 Å². The number of nitro groups is 1. The van der Waals surface area contributed by atoms with Crippen molar-refractivity contribution in [3.05, 3.63) is 68.2 Å². The number of ether oxygens (including phenoxy) is 1. The number of amides is 3. The quantitative estimate of drug-likeness (QED) is 0.341. The fourth-order valence-corrected chi connectivity index (χ4v) is 3.30. The van der Waals surface area contributed by atoms with Crippen LogP contribution in [0.3, 0.4) is 0 Å². The van der Waals surface area contributed by atoms with E-state index in [4.69, 9.17) is 27.9 Å². The number of benzene rings is 2. The third kappa shape index (κ3) is 5.96. The van der Waals surface area contributed by atoms with Crippen molar-refractivity contribution in [2.45, 2.75) is 6.42 Å². The zero-order valence-electron chi connectivity index (χ0n) is 16.7. The third-order valence-electron chi connectivity index (χ3n) is 4.59. The smallest absolute Gasteiger partial charge is 0.311 e. The van der Waals surface area contributed by atoms with Crippen molar-refractivity contribution in [2.75, 3.05) is 18.5 Å². The van der Waals surface area contributed by atoms with Crippen LogP contribution in [0.15, 0.2) is 42.5 Å². The molecule has 0 spiro atoms. The van der Waals surface area contributed by atoms with Crippen molar-refractivity contribution in [2.24, 2.45) is 5.92 Å². The topological polar surface area (TPSA) is 148 Å². The molecular weight excluding hydrogens is 479 g/mol. The number of rotatable bonds is 7. The van der Waals surface area contributed by atoms with Crippen molar-refractivity contribution < 1.29 is 28.8 Å². The van der Waals surface area contributed by atoms with Gasteiger partial charge < -0.3 is 10.1 Å². The highest BCUT2D eigenvalue weighted by Crippen LogP contribution is 2.25. The zero-order valence-corrected chi connectivity index (χ0v) is 18.3. The lowest BCUT2D eigenvalue weighted by molar-refractivity contribution is -0.385. The number of hydrogen-bond donors (Lipinski definition) is 2. The molecule has 2 aromatic rings. The molecule has 11 nitrogen and oxygen atoms in total. The molecule has 2 N–H and O–H groups in total. The van der Waals surface area contributed by atoms with Gasteiger partial charge in [0, 0.05) is 18.2 Å². The third-order valence-corrected chi connectivity index (χ3v) is 5.33. The van der Waals surface area contributed by atoms with Gasteiger partial charge in [-0.1, -0.05) is 35.3 Å². The second-order valence-electron chi connectivity index (χ2n) is 6.91. The first kappa shape index (κ1) is 24.0. The summed E-state index contributed by atoms with van der Waals surface area (Å²) in [6.45, 7) is -0.815. The van der Waals surface area contributed by atoms with Gasteiger partial charge in [-0.3, -0.25) is 39.7 Å². The number of nitrogens with zero attached hydrogens (tertiary/aromatic N) is 2. The Labute approximate surface area is 196 Å². The molecule has 0 bridgehead atoms. The summed E-state index contributed by atoms with van der Waals surface area (Å²) in [5, 5.41) is 15.0. The minimum absolute atomic E-state index is 0.210. The van der Waals surface area contributed by atoms with Crippen LogP contribution in [0.1, 0.15) is 16.8 Å². The van der Waals surface area contributed by atoms with Crippen LogP contribution in [0.5, 0.6) is 0 Å². The molecule has 0 aromatic heterocycles. The second-order valence-corrected chi connectivity index (χ2v) is 7.72. The number of esters is 1. The van der Waals surface area contributed by atoms with Crippen LogP contribution >= 0.6 is 23.2 Å². The molecule has 1 saturated heterocycles. The summed E-state index contributed by atoms with van der Waals surface area (Å²) in [6, 6.07) is 9.67. The number of anilines is 1. The molecule has 1 aliphatic rings. The monoisotopic (exact) mass is 494 g/mol. The highest BCUT2D eigenvalue weighted by atomic mass is 35.5. The molecule has 0 aliphatic carbocycles. The molecule has 2 aromatic carbocycles. The van der Waals surface area contributed by atoms with Gasteiger partial charge in [0.2, 0.25) is 5.91 Å². The second kappa shape index (κ2) is 10.3. The molecule has 33 heavy (non-hydrogen) atoms. The summed E-state index contributed by atoms with van der Waals surface area (Å²) < 4.78 is 4.96. The molecular formula is C20H16Cl2N4O7. The van der Waals surface area contributed by atoms with Crippen LogP contribution in [-0.2, 0) is 19.1 Å². The Bertz CT molecular complexity index is 1140. The van der Waals surface area contributed by atoms with E-state index in [0.29, 0.717) is 10.7 Å². The van der Waals surface area contributed by atoms with Gasteiger partial charge in [-0.25, -0.2) is 0 Å². The van der Waals surface area contributed by atoms with Crippen molar-refractivity contribution >= 4 is 58.3 Å². The average molecular weight is 495 g/mol. The number of hydrogen-bond acceptors (Lipinski definition) is 7. The summed E-state index contributed by atoms with van der Waals surface area (Å²) in [7, 11) is 0. The molecule has 1 atom stereocenters. The van der Waals surface area contributed by atoms with Crippen LogP contribution < -0.4 is 10.7 Å². The van der Waals surface area contributed by atoms with Gasteiger partial charge in [0.05, 0.1) is 27.4 Å². The number of nitrogens with one attached hydrogen (secondary N) is 2. The average Bonchev–Trinajstić information content (AvgIpc) is 3.14. The van der Waals surface area contributed by atoms with E-state index in [9.17, 15) is 29.3 Å². The predicted molar refractivity (Wildman–Crippen MR) is 116 cm³/mol. The number of halogens is 2. The maximum atomic E-state index is 12.4. The highest BCUT2D eigenvalue weighted by Gasteiger charge is 2.37. The Balaban J connectivity index is 1.52. The summed E-state index contributed by atoms with van der Waals surface area (Å²) >= 11 is 11.7. The fourth-order valence-electron chi connectivity index (χ4n) is 3.01. The zero-order chi connectivity index (χ0) is 24.1. The van der Waals surface area contributed by atoms with Gasteiger partial charge in [0.15, 0.2) is 6.61 Å². The molecule has 1 heterocycles. The number of carbonyl (C=O) groups excluding carboxylic acids is 4. The minimum Gasteiger partial charge on any atom is -0.455 e. The van der Waals surface area contributed by atoms with E-state index >= 15 is 0 Å². The first-order chi connectivity index (χ1) is 15.7. The molecule has 13 heteroatoms. The number of para-hydroxylation sites is 1. The maximum absolute atomic E-state index is 12.4. The predicted octanol–water partition coefficient (Wildman–Crippen LogP) is 2.58. The van der Waals surface area contributed by atoms with E-state index in [1.807, 2.05) is 0 Å². The Morgan fingerprint density at radius 2 is 1.88 bits per heavy atom. The lowest BCUT2D eigenvalue weighted by atomic mass is 10.1. The Kier molecular flexibility index (Phi) is 7.46. The molecule has 0 saturated carbocycles. The molecule has 3 amide bonds. The Morgan fingerprint density at radius 3 is 2.58 bits per heavy atom. The summed E-state index contributed by atoms with van der Waals surface area (Å²) in [4.78, 5) is 59.2. The maximum Gasteiger partial charge on any atom is 0.311 e. The van der Waals surface area contributed by atoms with Crippen molar-refractivity contribution in [3.63, 3.8) is 0 Å². The Morgan fingerprint density at radius 1 is 1.15 bits per heavy atom. The van der Waals surface area contributed by atoms with Gasteiger partial charge in [-0.2, -0.15) is 0 Å². The van der Waals surface area contributed by atoms with Crippen molar-refractivity contribution in [1.82, 2.24) is 10.4 Å². The molecule has 0 radical (unpaired) electrons. The lowest BCUT2D eigenvalue weighted by Gasteiger charge is -2.17. The van der Waals surface area contributed by atoms with Gasteiger partial charge >= 0.3 is 5.97 Å². The van der Waals surface area contributed by atoms with Gasteiger partial charge in [0.1, 0.15) is 5.56 Å². The van der Waals surface area contributed by atoms with Gasteiger partial charge in [-0.15, -0.1) is 0 Å². The summed E-state index contributed by atoms with van der Waals surface area (Å²) in [5.41, 5.74) is 1.95. The Hall–Kier alpha value is -3.70. The molecule has 1 aliphatic heterocycles. The van der Waals surface area contributed by atoms with E-state index in [0.717, 1.165) is 11.1 Å². The molecule has 0 unspecified atom stereocenters. The number of carbonyl (C=O) groups is 4. The van der Waals surface area contributed by atoms with E-state index in [-0.39, 0.29) is 23.6 Å². The van der Waals surface area contributed by atoms with Crippen LogP contribution in [0.2, 0.25) is 10.0 Å². The fraction of sp³-hybridized carbons (Fsp3) is 0.200. The normalized spacial score (nSPS) is 15.2. The SMILES string of the molecule is O=C(COC(=O)[C@@H]1CC(=O)N(NC(=O)c2ccccc2[N+](=O)[O-])C1)Nc1ccc(Cl)c(Cl)c1. The first-order valence-corrected chi connectivity index (χ1v) is 10.2. The van der Waals surface area contributed by atoms with E-state index in [1.165, 1.54) is 36.4 Å². The van der Waals surface area contributed by atoms with E-state index in [1.54, 1.807) is 0 Å². The van der Waals surface area contributed by atoms with Crippen LogP contribution in [0.25, 0.3) is 0 Å². The molecule has 172 valence electrons. The van der Waals surface area contributed by atoms with Crippen LogP contribution in [-0.4, -0.2) is 46.8 Å². The standard InChI is InChI=1S/C20H16Cl2N4O7/c21-14-6-5-12(8-15(14)22)23-17(27)10-33-20(30)11-7-18(28)25(9-11)24-19(29)13-3-1-2-4-16(13)26(31)32/h1-6,8,11H,7,9-10H2,(H,23,27)(H,24,29)/t11-/m1/s1. The van der Waals surface area contributed by atoms with Gasteiger partial charge in [0.25, 0.3) is 17.5 Å². The minimum atomic E-state index is -0.929. The van der Waals surface area contributed by atoms with Crippen LogP contribution in [0.4, 0.5) is 11.4 Å². The van der Waals surface area contributed by atoms with E-state index < -0.39 is 46.8 Å². The molecule has 3 rings (SSSR count). The number of hydrazine groups is 1. The molecule has 1 fully saturated rings. The van der Waals surface area contributed by atoms with Crippen molar-refractivity contribution in [1.29, 1.82) is 0 Å². The number of nitro benzene ring substituents is 1. The largest absolute Gasteiger partial charge is 0.455 e. The summed E-state index contributed by atoms with van der Waals surface area (Å²) in [6.07, 6.45) is -0.260. The van der Waals surface area contributed by atoms with Gasteiger partial charge in [-0.05, 0) is 24.3 Å². The summed E-state index contributed by atoms with van der Waals surface area (Å²) in [5.74, 6) is -3.82. The lowest BCUT2D eigenvalue weighted by Crippen LogP contribution is -2.43. The first-order valence-electron chi connectivity index (χ1n) is 9.42. The highest BCUT2D eigenvalue weighted by molar-refractivity contribution is 6.42. The van der Waals surface area contributed by atoms with Crippen LogP contribution in [0, 0.1) is 16.0 Å².